The number of amides is 1. The number of nitrogens with zero attached hydrogens (tertiary/aromatic N) is 1. The molecule has 0 bridgehead atoms. The molecule has 1 atom stereocenters. The second-order valence-electron chi connectivity index (χ2n) is 7.79. The Bertz CT molecular complexity index is 408. The second kappa shape index (κ2) is 8.02. The van der Waals surface area contributed by atoms with Crippen molar-refractivity contribution in [2.45, 2.75) is 83.8 Å². The number of carbonyl (C=O) groups is 2. The molecule has 5 heteroatoms. The summed E-state index contributed by atoms with van der Waals surface area (Å²) in [6.07, 6.45) is 8.07. The average molecular weight is 325 g/mol. The summed E-state index contributed by atoms with van der Waals surface area (Å²) in [4.78, 5) is 26.2. The van der Waals surface area contributed by atoms with E-state index in [9.17, 15) is 9.59 Å². The molecule has 2 aliphatic rings. The van der Waals surface area contributed by atoms with Crippen LogP contribution >= 0.6 is 0 Å². The van der Waals surface area contributed by atoms with Crippen LogP contribution in [0.5, 0.6) is 0 Å². The first-order valence-corrected chi connectivity index (χ1v) is 9.03. The Labute approximate surface area is 139 Å². The van der Waals surface area contributed by atoms with Gasteiger partial charge in [-0.05, 0) is 46.5 Å². The molecule has 1 aliphatic carbocycles. The van der Waals surface area contributed by atoms with Crippen molar-refractivity contribution in [1.82, 2.24) is 4.90 Å². The van der Waals surface area contributed by atoms with Gasteiger partial charge in [-0.3, -0.25) is 4.79 Å². The molecule has 0 aromatic rings. The van der Waals surface area contributed by atoms with Crippen LogP contribution in [0.2, 0.25) is 0 Å². The highest BCUT2D eigenvalue weighted by Crippen LogP contribution is 2.25. The predicted octanol–water partition coefficient (Wildman–Crippen LogP) is 3.90. The molecule has 0 spiro atoms. The van der Waals surface area contributed by atoms with Gasteiger partial charge in [-0.25, -0.2) is 4.79 Å². The van der Waals surface area contributed by atoms with Crippen molar-refractivity contribution < 1.29 is 19.1 Å². The number of carbonyl (C=O) groups excluding carboxylic acids is 2. The zero-order valence-electron chi connectivity index (χ0n) is 14.8. The molecule has 1 saturated heterocycles. The van der Waals surface area contributed by atoms with Crippen LogP contribution in [-0.4, -0.2) is 41.8 Å². The fourth-order valence-corrected chi connectivity index (χ4v) is 3.38. The molecule has 0 N–H and O–H groups in total. The summed E-state index contributed by atoms with van der Waals surface area (Å²) in [5.41, 5.74) is -0.499. The lowest BCUT2D eigenvalue weighted by atomic mass is 10.0. The summed E-state index contributed by atoms with van der Waals surface area (Å²) in [5, 5.41) is 0. The quantitative estimate of drug-likeness (QED) is 0.583. The largest absolute Gasteiger partial charge is 0.463 e. The standard InChI is InChI=1S/C18H31NO4/c1-18(2,3)23-17(21)19-12-8-11-15(19)13-22-16(20)14-9-6-4-5-7-10-14/h14-15H,4-13H2,1-3H3/t15-/m0/s1. The highest BCUT2D eigenvalue weighted by atomic mass is 16.6. The Morgan fingerprint density at radius 3 is 2.26 bits per heavy atom. The molecule has 0 unspecified atom stereocenters. The minimum absolute atomic E-state index is 0.0421. The van der Waals surface area contributed by atoms with Gasteiger partial charge in [0.1, 0.15) is 12.2 Å². The van der Waals surface area contributed by atoms with Crippen LogP contribution in [0.25, 0.3) is 0 Å². The van der Waals surface area contributed by atoms with Crippen molar-refractivity contribution in [3.63, 3.8) is 0 Å². The van der Waals surface area contributed by atoms with Gasteiger partial charge in [-0.2, -0.15) is 0 Å². The summed E-state index contributed by atoms with van der Waals surface area (Å²) in [6, 6.07) is -0.0421. The van der Waals surface area contributed by atoms with E-state index in [0.29, 0.717) is 13.2 Å². The third-order valence-corrected chi connectivity index (χ3v) is 4.61. The van der Waals surface area contributed by atoms with Gasteiger partial charge in [0.2, 0.25) is 0 Å². The SMILES string of the molecule is CC(C)(C)OC(=O)N1CCC[C@H]1COC(=O)C1CCCCCC1. The predicted molar refractivity (Wildman–Crippen MR) is 88.1 cm³/mol. The molecule has 1 aliphatic heterocycles. The molecule has 1 heterocycles. The van der Waals surface area contributed by atoms with E-state index in [4.69, 9.17) is 9.47 Å². The molecule has 0 aromatic heterocycles. The first kappa shape index (κ1) is 18.1. The third-order valence-electron chi connectivity index (χ3n) is 4.61. The van der Waals surface area contributed by atoms with Gasteiger partial charge in [0.25, 0.3) is 0 Å². The Morgan fingerprint density at radius 1 is 1.00 bits per heavy atom. The molecule has 0 aromatic carbocycles. The first-order valence-electron chi connectivity index (χ1n) is 9.03. The molecular weight excluding hydrogens is 294 g/mol. The summed E-state index contributed by atoms with van der Waals surface area (Å²) >= 11 is 0. The Hall–Kier alpha value is -1.26. The molecule has 23 heavy (non-hydrogen) atoms. The van der Waals surface area contributed by atoms with Gasteiger partial charge >= 0.3 is 12.1 Å². The van der Waals surface area contributed by atoms with Crippen LogP contribution in [0.1, 0.15) is 72.1 Å². The molecule has 0 radical (unpaired) electrons. The number of rotatable bonds is 3. The summed E-state index contributed by atoms with van der Waals surface area (Å²) < 4.78 is 11.0. The lowest BCUT2D eigenvalue weighted by molar-refractivity contribution is -0.150. The van der Waals surface area contributed by atoms with Gasteiger partial charge < -0.3 is 14.4 Å². The second-order valence-corrected chi connectivity index (χ2v) is 7.79. The van der Waals surface area contributed by atoms with E-state index in [1.165, 1.54) is 12.8 Å². The van der Waals surface area contributed by atoms with Gasteiger partial charge in [0.05, 0.1) is 12.0 Å². The number of hydrogen-bond acceptors (Lipinski definition) is 4. The maximum atomic E-state index is 12.3. The van der Waals surface area contributed by atoms with E-state index in [1.807, 2.05) is 20.8 Å². The van der Waals surface area contributed by atoms with Gasteiger partial charge in [0.15, 0.2) is 0 Å². The zero-order valence-corrected chi connectivity index (χ0v) is 14.8. The van der Waals surface area contributed by atoms with E-state index >= 15 is 0 Å². The topological polar surface area (TPSA) is 55.8 Å². The normalized spacial score (nSPS) is 23.4. The Morgan fingerprint density at radius 2 is 1.65 bits per heavy atom. The average Bonchev–Trinajstić information content (AvgIpc) is 2.76. The minimum Gasteiger partial charge on any atom is -0.463 e. The molecule has 2 rings (SSSR count). The minimum atomic E-state index is -0.499. The fourth-order valence-electron chi connectivity index (χ4n) is 3.38. The van der Waals surface area contributed by atoms with Crippen molar-refractivity contribution in [2.75, 3.05) is 13.2 Å². The maximum absolute atomic E-state index is 12.3. The van der Waals surface area contributed by atoms with Crippen LogP contribution < -0.4 is 0 Å². The highest BCUT2D eigenvalue weighted by molar-refractivity contribution is 5.72. The number of hydrogen-bond donors (Lipinski definition) is 0. The van der Waals surface area contributed by atoms with E-state index < -0.39 is 5.60 Å². The number of ether oxygens (including phenoxy) is 2. The Balaban J connectivity index is 1.81. The summed E-state index contributed by atoms with van der Waals surface area (Å²) in [6.45, 7) is 6.57. The zero-order chi connectivity index (χ0) is 16.9. The van der Waals surface area contributed by atoms with Gasteiger partial charge in [-0.15, -0.1) is 0 Å². The van der Waals surface area contributed by atoms with Crippen LogP contribution in [0, 0.1) is 5.92 Å². The fraction of sp³-hybridized carbons (Fsp3) is 0.889. The van der Waals surface area contributed by atoms with E-state index in [1.54, 1.807) is 4.90 Å². The van der Waals surface area contributed by atoms with E-state index in [-0.39, 0.29) is 24.0 Å². The maximum Gasteiger partial charge on any atom is 0.410 e. The summed E-state index contributed by atoms with van der Waals surface area (Å²) in [5.74, 6) is -0.0307. The highest BCUT2D eigenvalue weighted by Gasteiger charge is 2.33. The number of esters is 1. The molecule has 132 valence electrons. The monoisotopic (exact) mass is 325 g/mol. The van der Waals surface area contributed by atoms with Crippen LogP contribution in [-0.2, 0) is 14.3 Å². The summed E-state index contributed by atoms with van der Waals surface area (Å²) in [7, 11) is 0. The van der Waals surface area contributed by atoms with Crippen molar-refractivity contribution in [1.29, 1.82) is 0 Å². The van der Waals surface area contributed by atoms with Crippen LogP contribution in [0.3, 0.4) is 0 Å². The molecule has 1 saturated carbocycles. The first-order chi connectivity index (χ1) is 10.9. The van der Waals surface area contributed by atoms with Crippen molar-refractivity contribution in [3.05, 3.63) is 0 Å². The van der Waals surface area contributed by atoms with Gasteiger partial charge in [0, 0.05) is 6.54 Å². The van der Waals surface area contributed by atoms with Crippen molar-refractivity contribution in [2.24, 2.45) is 5.92 Å². The van der Waals surface area contributed by atoms with Crippen LogP contribution in [0.15, 0.2) is 0 Å². The van der Waals surface area contributed by atoms with Crippen molar-refractivity contribution in [3.8, 4) is 0 Å². The third kappa shape index (κ3) is 5.70. The van der Waals surface area contributed by atoms with Crippen LogP contribution in [0.4, 0.5) is 4.79 Å². The Kier molecular flexibility index (Phi) is 6.31. The smallest absolute Gasteiger partial charge is 0.410 e. The molecule has 5 nitrogen and oxygen atoms in total. The molecule has 2 fully saturated rings. The lowest BCUT2D eigenvalue weighted by Gasteiger charge is -2.28. The lowest BCUT2D eigenvalue weighted by Crippen LogP contribution is -2.42. The van der Waals surface area contributed by atoms with E-state index in [0.717, 1.165) is 38.5 Å². The number of likely N-dealkylation sites (tertiary alicyclic amines) is 1. The van der Waals surface area contributed by atoms with E-state index in [2.05, 4.69) is 0 Å². The molecular formula is C18H31NO4. The molecule has 1 amide bonds. The van der Waals surface area contributed by atoms with Crippen molar-refractivity contribution >= 4 is 12.1 Å². The van der Waals surface area contributed by atoms with Gasteiger partial charge in [-0.1, -0.05) is 25.7 Å².